The third-order valence-corrected chi connectivity index (χ3v) is 12.1. The molecule has 3 heterocycles. The van der Waals surface area contributed by atoms with E-state index < -0.39 is 70.9 Å². The fourth-order valence-electron chi connectivity index (χ4n) is 8.65. The maximum atomic E-state index is 15.3. The molecule has 2 N–H and O–H groups in total. The van der Waals surface area contributed by atoms with Gasteiger partial charge in [0.25, 0.3) is 5.91 Å². The number of hydrogen-bond acceptors (Lipinski definition) is 8. The zero-order valence-corrected chi connectivity index (χ0v) is 33.6. The van der Waals surface area contributed by atoms with Gasteiger partial charge in [-0.25, -0.2) is 0 Å². The minimum absolute atomic E-state index is 0.0167. The molecule has 3 aromatic rings. The number of allylic oxidation sites excluding steroid dienone is 1. The molecule has 12 heteroatoms. The number of amides is 3. The number of aliphatic hydroxyl groups excluding tert-OH is 1. The molecule has 1 spiro atoms. The van der Waals surface area contributed by atoms with Crippen molar-refractivity contribution in [3.05, 3.63) is 121 Å². The summed E-state index contributed by atoms with van der Waals surface area (Å²) in [6, 6.07) is 23.7. The van der Waals surface area contributed by atoms with E-state index in [4.69, 9.17) is 9.47 Å². The van der Waals surface area contributed by atoms with E-state index >= 15 is 9.59 Å². The van der Waals surface area contributed by atoms with Gasteiger partial charge in [0, 0.05) is 42.3 Å². The largest absolute Gasteiger partial charge is 0.455 e. The van der Waals surface area contributed by atoms with Gasteiger partial charge in [0.15, 0.2) is 0 Å². The van der Waals surface area contributed by atoms with Crippen molar-refractivity contribution in [1.29, 1.82) is 0 Å². The van der Waals surface area contributed by atoms with Crippen LogP contribution in [-0.4, -0.2) is 89.1 Å². The summed E-state index contributed by atoms with van der Waals surface area (Å²) in [7, 11) is 0. The molecule has 3 aliphatic heterocycles. The van der Waals surface area contributed by atoms with E-state index in [2.05, 4.69) is 53.2 Å². The Hall–Kier alpha value is -4.78. The lowest BCUT2D eigenvalue weighted by molar-refractivity contribution is -0.160. The third kappa shape index (κ3) is 7.79. The standard InChI is InChI=1S/C44H51BrN4O7/c1-5-9-20-36(51)46-27-35(30-18-14-11-15-19-30)55-43(54)37-38-41(52)49(34(28-50)29-16-12-10-13-17-29)40(44(38)26-33(45)39(37)56-44)42(53)48(25-6-2)32-23-21-31(22-24-32)47(7-3)8-4/h5-6,10-19,21-24,33-35,37-40,50H,1-2,7-9,20,25-28H2,3-4H3,(H,46,51)/t33?,34-,35-,37+,38-,39+,40+,44-/m1/s1. The second-order valence-corrected chi connectivity index (χ2v) is 15.6. The van der Waals surface area contributed by atoms with Crippen molar-refractivity contribution in [3.63, 3.8) is 0 Å². The Kier molecular flexibility index (Phi) is 13.1. The van der Waals surface area contributed by atoms with Gasteiger partial charge in [0.05, 0.1) is 37.1 Å². The third-order valence-electron chi connectivity index (χ3n) is 11.3. The normalized spacial score (nSPS) is 24.5. The highest BCUT2D eigenvalue weighted by Gasteiger charge is 2.77. The first-order valence-corrected chi connectivity index (χ1v) is 20.3. The first-order valence-electron chi connectivity index (χ1n) is 19.3. The van der Waals surface area contributed by atoms with E-state index in [0.29, 0.717) is 23.2 Å². The van der Waals surface area contributed by atoms with Gasteiger partial charge < -0.3 is 34.6 Å². The van der Waals surface area contributed by atoms with Crippen molar-refractivity contribution in [1.82, 2.24) is 10.2 Å². The van der Waals surface area contributed by atoms with Crippen LogP contribution < -0.4 is 15.1 Å². The van der Waals surface area contributed by atoms with Crippen molar-refractivity contribution in [2.75, 3.05) is 42.6 Å². The quantitative estimate of drug-likeness (QED) is 0.0923. The lowest BCUT2D eigenvalue weighted by Crippen LogP contribution is -2.57. The van der Waals surface area contributed by atoms with E-state index in [9.17, 15) is 14.7 Å². The molecule has 3 aliphatic rings. The molecule has 296 valence electrons. The molecule has 3 amide bonds. The molecule has 0 saturated carbocycles. The van der Waals surface area contributed by atoms with Gasteiger partial charge in [0.1, 0.15) is 17.7 Å². The van der Waals surface area contributed by atoms with Crippen LogP contribution in [0, 0.1) is 11.8 Å². The van der Waals surface area contributed by atoms with Crippen LogP contribution in [0.2, 0.25) is 0 Å². The highest BCUT2D eigenvalue weighted by Crippen LogP contribution is 2.61. The zero-order chi connectivity index (χ0) is 40.0. The molecule has 2 bridgehead atoms. The second kappa shape index (κ2) is 18.0. The summed E-state index contributed by atoms with van der Waals surface area (Å²) in [4.78, 5) is 62.4. The Morgan fingerprint density at radius 1 is 0.982 bits per heavy atom. The number of likely N-dealkylation sites (tertiary alicyclic amines) is 1. The summed E-state index contributed by atoms with van der Waals surface area (Å²) in [6.45, 7) is 13.1. The number of carbonyl (C=O) groups excluding carboxylic acids is 4. The number of halogens is 1. The number of fused-ring (bicyclic) bond motifs is 1. The average Bonchev–Trinajstić information content (AvgIpc) is 3.82. The van der Waals surface area contributed by atoms with E-state index in [1.807, 2.05) is 72.8 Å². The Bertz CT molecular complexity index is 1870. The summed E-state index contributed by atoms with van der Waals surface area (Å²) >= 11 is 3.76. The second-order valence-electron chi connectivity index (χ2n) is 14.4. The van der Waals surface area contributed by atoms with Crippen LogP contribution in [0.4, 0.5) is 11.4 Å². The number of nitrogens with one attached hydrogen (secondary N) is 1. The topological polar surface area (TPSA) is 129 Å². The monoisotopic (exact) mass is 826 g/mol. The number of esters is 1. The van der Waals surface area contributed by atoms with Crippen molar-refractivity contribution in [3.8, 4) is 0 Å². The molecule has 3 saturated heterocycles. The van der Waals surface area contributed by atoms with Crippen LogP contribution in [0.3, 0.4) is 0 Å². The Morgan fingerprint density at radius 2 is 1.61 bits per heavy atom. The minimum Gasteiger partial charge on any atom is -0.455 e. The average molecular weight is 828 g/mol. The molecule has 8 atom stereocenters. The number of carbonyl (C=O) groups is 4. The fourth-order valence-corrected chi connectivity index (χ4v) is 9.60. The molecule has 11 nitrogen and oxygen atoms in total. The number of anilines is 2. The van der Waals surface area contributed by atoms with Crippen LogP contribution in [0.25, 0.3) is 0 Å². The predicted octanol–water partition coefficient (Wildman–Crippen LogP) is 5.90. The molecular formula is C44H51BrN4O7. The lowest BCUT2D eigenvalue weighted by Gasteiger charge is -2.39. The molecule has 56 heavy (non-hydrogen) atoms. The van der Waals surface area contributed by atoms with Gasteiger partial charge in [-0.05, 0) is 62.1 Å². The number of hydrogen-bond donors (Lipinski definition) is 2. The molecular weight excluding hydrogens is 776 g/mol. The summed E-state index contributed by atoms with van der Waals surface area (Å²) in [5.41, 5.74) is 1.50. The highest BCUT2D eigenvalue weighted by atomic mass is 79.9. The van der Waals surface area contributed by atoms with Gasteiger partial charge in [0.2, 0.25) is 11.8 Å². The fraction of sp³-hybridized carbons (Fsp3) is 0.409. The summed E-state index contributed by atoms with van der Waals surface area (Å²) in [6.07, 6.45) is 2.66. The van der Waals surface area contributed by atoms with Crippen LogP contribution >= 0.6 is 15.9 Å². The van der Waals surface area contributed by atoms with Gasteiger partial charge in [-0.1, -0.05) is 88.7 Å². The zero-order valence-electron chi connectivity index (χ0n) is 32.0. The van der Waals surface area contributed by atoms with E-state index in [1.165, 1.54) is 4.90 Å². The van der Waals surface area contributed by atoms with Crippen molar-refractivity contribution < 1.29 is 33.8 Å². The number of benzene rings is 3. The number of ether oxygens (including phenoxy) is 2. The van der Waals surface area contributed by atoms with Crippen molar-refractivity contribution >= 4 is 51.0 Å². The van der Waals surface area contributed by atoms with Crippen LogP contribution in [0.5, 0.6) is 0 Å². The molecule has 6 rings (SSSR count). The molecule has 0 aliphatic carbocycles. The van der Waals surface area contributed by atoms with E-state index in [-0.39, 0.29) is 31.8 Å². The van der Waals surface area contributed by atoms with Gasteiger partial charge >= 0.3 is 5.97 Å². The maximum absolute atomic E-state index is 15.3. The first-order chi connectivity index (χ1) is 27.1. The van der Waals surface area contributed by atoms with Crippen LogP contribution in [0.15, 0.2) is 110 Å². The summed E-state index contributed by atoms with van der Waals surface area (Å²) in [5, 5.41) is 13.9. The van der Waals surface area contributed by atoms with Crippen molar-refractivity contribution in [2.24, 2.45) is 11.8 Å². The Balaban J connectivity index is 1.39. The smallest absolute Gasteiger partial charge is 0.313 e. The number of alkyl halides is 1. The number of nitrogens with zero attached hydrogens (tertiary/aromatic N) is 3. The van der Waals surface area contributed by atoms with E-state index in [1.54, 1.807) is 29.2 Å². The Labute approximate surface area is 337 Å². The molecule has 0 radical (unpaired) electrons. The lowest BCUT2D eigenvalue weighted by atomic mass is 9.70. The first kappa shape index (κ1) is 40.9. The Morgan fingerprint density at radius 3 is 2.20 bits per heavy atom. The van der Waals surface area contributed by atoms with Gasteiger partial charge in [-0.3, -0.25) is 19.2 Å². The highest BCUT2D eigenvalue weighted by molar-refractivity contribution is 9.09. The van der Waals surface area contributed by atoms with Gasteiger partial charge in [-0.2, -0.15) is 0 Å². The molecule has 1 unspecified atom stereocenters. The molecule has 3 fully saturated rings. The number of rotatable bonds is 18. The van der Waals surface area contributed by atoms with Crippen LogP contribution in [-0.2, 0) is 28.7 Å². The van der Waals surface area contributed by atoms with Gasteiger partial charge in [-0.15, -0.1) is 13.2 Å². The summed E-state index contributed by atoms with van der Waals surface area (Å²) in [5.74, 6) is -3.94. The number of aliphatic hydroxyl groups is 1. The van der Waals surface area contributed by atoms with Crippen LogP contribution in [0.1, 0.15) is 56.4 Å². The van der Waals surface area contributed by atoms with Crippen molar-refractivity contribution in [2.45, 2.75) is 67.8 Å². The minimum atomic E-state index is -1.43. The molecule has 3 aromatic carbocycles. The predicted molar refractivity (Wildman–Crippen MR) is 219 cm³/mol. The molecule has 0 aromatic heterocycles. The summed E-state index contributed by atoms with van der Waals surface area (Å²) < 4.78 is 13.0. The SMILES string of the molecule is C=CCCC(=O)NC[C@@H](OC(=O)[C@@H]1[C@H]2O[C@@]3(CC2Br)[C@H](C(=O)N(CC=C)c2ccc(N(CC)CC)cc2)N([C@H](CO)c2ccccc2)C(=O)[C@@H]13)c1ccccc1. The maximum Gasteiger partial charge on any atom is 0.313 e. The van der Waals surface area contributed by atoms with E-state index in [0.717, 1.165) is 18.8 Å².